The van der Waals surface area contributed by atoms with Crippen LogP contribution in [0.4, 0.5) is 0 Å². The van der Waals surface area contributed by atoms with Gasteiger partial charge in [0.2, 0.25) is 5.91 Å². The summed E-state index contributed by atoms with van der Waals surface area (Å²) >= 11 is 1.24. The van der Waals surface area contributed by atoms with Crippen LogP contribution in [0.3, 0.4) is 0 Å². The summed E-state index contributed by atoms with van der Waals surface area (Å²) < 4.78 is 7.23. The van der Waals surface area contributed by atoms with Gasteiger partial charge in [-0.1, -0.05) is 43.2 Å². The second-order valence-electron chi connectivity index (χ2n) is 8.23. The van der Waals surface area contributed by atoms with Crippen molar-refractivity contribution in [3.63, 3.8) is 0 Å². The molecule has 0 saturated heterocycles. The van der Waals surface area contributed by atoms with Crippen molar-refractivity contribution in [1.82, 2.24) is 14.9 Å². The van der Waals surface area contributed by atoms with E-state index in [1.807, 2.05) is 26.0 Å². The average Bonchev–Trinajstić information content (AvgIpc) is 2.77. The maximum absolute atomic E-state index is 13.1. The first kappa shape index (κ1) is 23.3. The third-order valence-corrected chi connectivity index (χ3v) is 6.41. The number of carbonyl (C=O) groups is 1. The van der Waals surface area contributed by atoms with Crippen LogP contribution in [0.5, 0.6) is 0 Å². The summed E-state index contributed by atoms with van der Waals surface area (Å²) in [5.74, 6) is -0.0954. The Morgan fingerprint density at radius 1 is 1.32 bits per heavy atom. The zero-order chi connectivity index (χ0) is 22.3. The molecule has 8 heteroatoms. The maximum atomic E-state index is 13.1. The second kappa shape index (κ2) is 10.8. The van der Waals surface area contributed by atoms with Gasteiger partial charge < -0.3 is 10.1 Å². The van der Waals surface area contributed by atoms with Crippen LogP contribution in [0.2, 0.25) is 0 Å². The molecule has 0 radical (unpaired) electrons. The maximum Gasteiger partial charge on any atom is 0.262 e. The van der Waals surface area contributed by atoms with Gasteiger partial charge in [0.05, 0.1) is 28.8 Å². The molecule has 0 bridgehead atoms. The quantitative estimate of drug-likeness (QED) is 0.362. The van der Waals surface area contributed by atoms with Crippen LogP contribution >= 0.6 is 11.8 Å². The monoisotopic (exact) mass is 442 g/mol. The molecule has 0 spiro atoms. The predicted octanol–water partition coefficient (Wildman–Crippen LogP) is 3.65. The zero-order valence-electron chi connectivity index (χ0n) is 18.2. The Bertz CT molecular complexity index is 1010. The van der Waals surface area contributed by atoms with Gasteiger partial charge in [0.1, 0.15) is 5.54 Å². The minimum Gasteiger partial charge on any atom is -0.379 e. The van der Waals surface area contributed by atoms with Crippen molar-refractivity contribution in [3.8, 4) is 6.07 Å². The standard InChI is InChI=1S/C23H30N4O3S/c1-17(2)30-14-8-13-27-21(29)18-9-4-5-10-19(18)25-22(27)31-15-20(28)26-23(16-24)11-6-3-7-12-23/h4-5,9-10,17H,3,6-8,11-15H2,1-2H3,(H,26,28). The minimum atomic E-state index is -0.763. The van der Waals surface area contributed by atoms with Gasteiger partial charge in [-0.2, -0.15) is 5.26 Å². The molecule has 1 aromatic carbocycles. The summed E-state index contributed by atoms with van der Waals surface area (Å²) in [6.45, 7) is 4.97. The molecular formula is C23H30N4O3S. The number of nitrogens with zero attached hydrogens (tertiary/aromatic N) is 3. The number of hydrogen-bond acceptors (Lipinski definition) is 6. The Morgan fingerprint density at radius 2 is 2.06 bits per heavy atom. The van der Waals surface area contributed by atoms with Gasteiger partial charge >= 0.3 is 0 Å². The smallest absolute Gasteiger partial charge is 0.262 e. The Morgan fingerprint density at radius 3 is 2.77 bits per heavy atom. The van der Waals surface area contributed by atoms with Crippen molar-refractivity contribution in [2.75, 3.05) is 12.4 Å². The fourth-order valence-electron chi connectivity index (χ4n) is 3.85. The van der Waals surface area contributed by atoms with Crippen molar-refractivity contribution in [1.29, 1.82) is 5.26 Å². The Balaban J connectivity index is 1.74. The molecule has 1 aliphatic carbocycles. The number of para-hydroxylation sites is 1. The molecule has 2 aromatic rings. The summed E-state index contributed by atoms with van der Waals surface area (Å²) in [5, 5.41) is 13.6. The van der Waals surface area contributed by atoms with Gasteiger partial charge in [0.25, 0.3) is 5.56 Å². The SMILES string of the molecule is CC(C)OCCCn1c(SCC(=O)NC2(C#N)CCCCC2)nc2ccccc2c1=O. The highest BCUT2D eigenvalue weighted by atomic mass is 32.2. The topological polar surface area (TPSA) is 97.0 Å². The predicted molar refractivity (Wildman–Crippen MR) is 122 cm³/mol. The molecule has 1 amide bonds. The molecule has 1 saturated carbocycles. The van der Waals surface area contributed by atoms with E-state index in [0.717, 1.165) is 19.3 Å². The lowest BCUT2D eigenvalue weighted by Gasteiger charge is -2.31. The highest BCUT2D eigenvalue weighted by molar-refractivity contribution is 7.99. The number of hydrogen-bond donors (Lipinski definition) is 1. The van der Waals surface area contributed by atoms with Gasteiger partial charge in [0, 0.05) is 13.2 Å². The van der Waals surface area contributed by atoms with Crippen LogP contribution in [0.25, 0.3) is 10.9 Å². The van der Waals surface area contributed by atoms with E-state index in [1.54, 1.807) is 16.7 Å². The van der Waals surface area contributed by atoms with E-state index in [2.05, 4.69) is 16.4 Å². The van der Waals surface area contributed by atoms with E-state index in [1.165, 1.54) is 11.8 Å². The van der Waals surface area contributed by atoms with Gasteiger partial charge in [-0.25, -0.2) is 4.98 Å². The van der Waals surface area contributed by atoms with Crippen LogP contribution in [0.1, 0.15) is 52.4 Å². The molecule has 3 rings (SSSR count). The number of fused-ring (bicyclic) bond motifs is 1. The van der Waals surface area contributed by atoms with Crippen molar-refractivity contribution in [3.05, 3.63) is 34.6 Å². The van der Waals surface area contributed by atoms with Crippen LogP contribution in [-0.2, 0) is 16.1 Å². The summed E-state index contributed by atoms with van der Waals surface area (Å²) in [4.78, 5) is 30.3. The van der Waals surface area contributed by atoms with E-state index in [4.69, 9.17) is 4.74 Å². The third kappa shape index (κ3) is 6.08. The molecule has 0 unspecified atom stereocenters. The van der Waals surface area contributed by atoms with Crippen LogP contribution < -0.4 is 10.9 Å². The fourth-order valence-corrected chi connectivity index (χ4v) is 4.68. The minimum absolute atomic E-state index is 0.108. The summed E-state index contributed by atoms with van der Waals surface area (Å²) in [7, 11) is 0. The Kier molecular flexibility index (Phi) is 8.10. The molecule has 1 aliphatic rings. The number of carbonyl (C=O) groups excluding carboxylic acids is 1. The van der Waals surface area contributed by atoms with E-state index in [9.17, 15) is 14.9 Å². The van der Waals surface area contributed by atoms with Crippen LogP contribution in [0.15, 0.2) is 34.2 Å². The number of rotatable bonds is 9. The number of nitrogens with one attached hydrogen (secondary N) is 1. The normalized spacial score (nSPS) is 15.7. The number of nitriles is 1. The van der Waals surface area contributed by atoms with Gasteiger partial charge in [-0.3, -0.25) is 14.2 Å². The van der Waals surface area contributed by atoms with Crippen molar-refractivity contribution < 1.29 is 9.53 Å². The highest BCUT2D eigenvalue weighted by Crippen LogP contribution is 2.28. The Labute approximate surface area is 187 Å². The summed E-state index contributed by atoms with van der Waals surface area (Å²) in [6, 6.07) is 9.55. The van der Waals surface area contributed by atoms with E-state index < -0.39 is 5.54 Å². The molecule has 1 heterocycles. The summed E-state index contributed by atoms with van der Waals surface area (Å²) in [5.41, 5.74) is -0.259. The number of aromatic nitrogens is 2. The van der Waals surface area contributed by atoms with E-state index in [0.29, 0.717) is 48.5 Å². The lowest BCUT2D eigenvalue weighted by atomic mass is 9.83. The average molecular weight is 443 g/mol. The van der Waals surface area contributed by atoms with E-state index in [-0.39, 0.29) is 23.3 Å². The van der Waals surface area contributed by atoms with Gasteiger partial charge in [-0.15, -0.1) is 0 Å². The first-order valence-electron chi connectivity index (χ1n) is 10.9. The molecule has 31 heavy (non-hydrogen) atoms. The second-order valence-corrected chi connectivity index (χ2v) is 9.18. The third-order valence-electron chi connectivity index (χ3n) is 5.44. The molecular weight excluding hydrogens is 412 g/mol. The van der Waals surface area contributed by atoms with Gasteiger partial charge in [0.15, 0.2) is 5.16 Å². The van der Waals surface area contributed by atoms with Gasteiger partial charge in [-0.05, 0) is 45.2 Å². The number of thioether (sulfide) groups is 1. The first-order valence-corrected chi connectivity index (χ1v) is 11.9. The fraction of sp³-hybridized carbons (Fsp3) is 0.565. The Hall–Kier alpha value is -2.37. The zero-order valence-corrected chi connectivity index (χ0v) is 19.0. The van der Waals surface area contributed by atoms with Crippen molar-refractivity contribution in [2.24, 2.45) is 0 Å². The molecule has 0 atom stereocenters. The molecule has 166 valence electrons. The molecule has 1 fully saturated rings. The van der Waals surface area contributed by atoms with Crippen LogP contribution in [0, 0.1) is 11.3 Å². The summed E-state index contributed by atoms with van der Waals surface area (Å²) in [6.07, 6.45) is 5.19. The molecule has 1 aromatic heterocycles. The first-order chi connectivity index (χ1) is 14.9. The number of ether oxygens (including phenoxy) is 1. The molecule has 7 nitrogen and oxygen atoms in total. The lowest BCUT2D eigenvalue weighted by molar-refractivity contribution is -0.120. The lowest BCUT2D eigenvalue weighted by Crippen LogP contribution is -2.49. The molecule has 0 aliphatic heterocycles. The van der Waals surface area contributed by atoms with Crippen LogP contribution in [-0.4, -0.2) is 39.5 Å². The largest absolute Gasteiger partial charge is 0.379 e. The van der Waals surface area contributed by atoms with Crippen molar-refractivity contribution >= 4 is 28.6 Å². The van der Waals surface area contributed by atoms with Crippen molar-refractivity contribution in [2.45, 2.75) is 75.7 Å². The van der Waals surface area contributed by atoms with E-state index >= 15 is 0 Å². The molecule has 1 N–H and O–H groups in total. The number of benzene rings is 1. The number of amides is 1. The highest BCUT2D eigenvalue weighted by Gasteiger charge is 2.33.